The van der Waals surface area contributed by atoms with Crippen molar-refractivity contribution < 1.29 is 4.74 Å². The van der Waals surface area contributed by atoms with Crippen molar-refractivity contribution >= 4 is 13.8 Å². The van der Waals surface area contributed by atoms with Crippen LogP contribution in [-0.2, 0) is 10.8 Å². The van der Waals surface area contributed by atoms with Crippen molar-refractivity contribution in [2.45, 2.75) is 141 Å². The first-order chi connectivity index (χ1) is 23.1. The minimum absolute atomic E-state index is 0.0760. The molecule has 4 aliphatic carbocycles. The Morgan fingerprint density at radius 3 is 2.04 bits per heavy atom. The summed E-state index contributed by atoms with van der Waals surface area (Å²) in [5.41, 5.74) is 9.60. The minimum atomic E-state index is -1.91. The second kappa shape index (κ2) is 12.4. The number of ether oxygens (including phenoxy) is 1. The van der Waals surface area contributed by atoms with Crippen molar-refractivity contribution in [2.75, 3.05) is 0 Å². The number of fused-ring (bicyclic) bond motifs is 4. The Kier molecular flexibility index (Phi) is 8.75. The van der Waals surface area contributed by atoms with Crippen LogP contribution in [0.5, 0.6) is 11.5 Å². The summed E-state index contributed by atoms with van der Waals surface area (Å²) >= 11 is 0. The van der Waals surface area contributed by atoms with Gasteiger partial charge in [0.25, 0.3) is 0 Å². The van der Waals surface area contributed by atoms with Crippen molar-refractivity contribution in [3.8, 4) is 11.5 Å². The highest BCUT2D eigenvalue weighted by Gasteiger charge is 2.56. The van der Waals surface area contributed by atoms with E-state index >= 15 is 0 Å². The Balaban J connectivity index is 1.27. The summed E-state index contributed by atoms with van der Waals surface area (Å²) in [5.74, 6) is 3.46. The molecule has 4 unspecified atom stereocenters. The zero-order valence-electron chi connectivity index (χ0n) is 32.1. The highest BCUT2D eigenvalue weighted by Crippen LogP contribution is 2.63. The van der Waals surface area contributed by atoms with E-state index < -0.39 is 8.24 Å². The van der Waals surface area contributed by atoms with Crippen molar-refractivity contribution in [1.29, 1.82) is 0 Å². The molecule has 0 saturated heterocycles. The van der Waals surface area contributed by atoms with Gasteiger partial charge in [0.05, 0.1) is 0 Å². The molecule has 49 heavy (non-hydrogen) atoms. The van der Waals surface area contributed by atoms with Crippen molar-refractivity contribution in [3.63, 3.8) is 0 Å². The van der Waals surface area contributed by atoms with E-state index in [9.17, 15) is 0 Å². The van der Waals surface area contributed by atoms with E-state index in [1.165, 1.54) is 71.9 Å². The summed E-state index contributed by atoms with van der Waals surface area (Å²) in [4.78, 5) is 0. The lowest BCUT2D eigenvalue weighted by molar-refractivity contribution is 0.140. The Morgan fingerprint density at radius 1 is 0.755 bits per heavy atom. The number of benzene rings is 3. The second-order valence-electron chi connectivity index (χ2n) is 18.9. The van der Waals surface area contributed by atoms with Crippen LogP contribution in [0.1, 0.15) is 122 Å². The van der Waals surface area contributed by atoms with Crippen LogP contribution in [0.4, 0.5) is 0 Å². The molecule has 3 aromatic rings. The summed E-state index contributed by atoms with van der Waals surface area (Å²) in [6.45, 7) is 24.6. The van der Waals surface area contributed by atoms with Gasteiger partial charge in [0.2, 0.25) is 0 Å². The predicted octanol–water partition coefficient (Wildman–Crippen LogP) is 12.8. The highest BCUT2D eigenvalue weighted by molar-refractivity contribution is 6.76. The lowest BCUT2D eigenvalue weighted by Gasteiger charge is -2.55. The van der Waals surface area contributed by atoms with E-state index in [0.717, 1.165) is 17.5 Å². The zero-order valence-corrected chi connectivity index (χ0v) is 33.1. The molecular formula is C46H61NOSi. The van der Waals surface area contributed by atoms with E-state index in [2.05, 4.69) is 158 Å². The van der Waals surface area contributed by atoms with Gasteiger partial charge in [0.15, 0.2) is 0 Å². The highest BCUT2D eigenvalue weighted by atomic mass is 28.3. The average molecular weight is 672 g/mol. The van der Waals surface area contributed by atoms with Gasteiger partial charge in [-0.05, 0) is 126 Å². The Labute approximate surface area is 299 Å². The van der Waals surface area contributed by atoms with Crippen molar-refractivity contribution in [2.24, 2.45) is 11.8 Å². The molecule has 4 aliphatic rings. The lowest BCUT2D eigenvalue weighted by atomic mass is 9.73. The zero-order chi connectivity index (χ0) is 34.9. The molecule has 0 radical (unpaired) electrons. The summed E-state index contributed by atoms with van der Waals surface area (Å²) in [6, 6.07) is 27.8. The average Bonchev–Trinajstić information content (AvgIpc) is 3.53. The fourth-order valence-electron chi connectivity index (χ4n) is 10.8. The van der Waals surface area contributed by atoms with Crippen LogP contribution in [-0.4, -0.2) is 24.4 Å². The van der Waals surface area contributed by atoms with Gasteiger partial charge in [-0.25, -0.2) is 0 Å². The lowest BCUT2D eigenvalue weighted by Crippen LogP contribution is -2.64. The van der Waals surface area contributed by atoms with Crippen LogP contribution >= 0.6 is 0 Å². The number of allylic oxidation sites excluding steroid dienone is 4. The molecular weight excluding hydrogens is 611 g/mol. The molecule has 0 amide bonds. The fraction of sp³-hybridized carbons (Fsp3) is 0.522. The minimum Gasteiger partial charge on any atom is -0.457 e. The van der Waals surface area contributed by atoms with Gasteiger partial charge < -0.3 is 9.30 Å². The van der Waals surface area contributed by atoms with E-state index in [0.29, 0.717) is 23.3 Å². The third kappa shape index (κ3) is 6.22. The van der Waals surface area contributed by atoms with Crippen LogP contribution in [0.3, 0.4) is 0 Å². The van der Waals surface area contributed by atoms with Gasteiger partial charge in [-0.1, -0.05) is 128 Å². The molecule has 0 bridgehead atoms. The summed E-state index contributed by atoms with van der Waals surface area (Å²) < 4.78 is 9.63. The van der Waals surface area contributed by atoms with Gasteiger partial charge in [-0.3, -0.25) is 0 Å². The van der Waals surface area contributed by atoms with Crippen LogP contribution in [0.15, 0.2) is 90.5 Å². The SMILES string of the molecule is CC(C)(C)c1ccc(Oc2ccc3c(c2)C(C)(C)C2=CC4C(c5ccccc5)CC([Si](C)(C)N(C5CCCCC5)C(C)(C)C)C4C=C23)cc1. The molecule has 0 spiro atoms. The molecule has 7 rings (SSSR count). The van der Waals surface area contributed by atoms with Crippen molar-refractivity contribution in [3.05, 3.63) is 113 Å². The Morgan fingerprint density at radius 2 is 1.41 bits per heavy atom. The van der Waals surface area contributed by atoms with Gasteiger partial charge in [-0.15, -0.1) is 0 Å². The molecule has 3 heteroatoms. The molecule has 4 atom stereocenters. The van der Waals surface area contributed by atoms with Crippen molar-refractivity contribution in [1.82, 2.24) is 4.57 Å². The van der Waals surface area contributed by atoms with Crippen LogP contribution in [0, 0.1) is 11.8 Å². The molecule has 0 N–H and O–H groups in total. The third-order valence-electron chi connectivity index (χ3n) is 12.9. The van der Waals surface area contributed by atoms with Crippen LogP contribution in [0.2, 0.25) is 18.6 Å². The molecule has 0 aliphatic heterocycles. The van der Waals surface area contributed by atoms with E-state index in [-0.39, 0.29) is 16.4 Å². The summed E-state index contributed by atoms with van der Waals surface area (Å²) in [7, 11) is -1.91. The quantitative estimate of drug-likeness (QED) is 0.242. The van der Waals surface area contributed by atoms with Gasteiger partial charge in [0, 0.05) is 17.0 Å². The standard InChI is InChI=1S/C46H61NOSi/c1-44(2,3)32-21-23-34(24-22-32)48-35-25-26-36-39-28-40-38(29-42(39)46(7,8)41(36)27-35)37(31-17-13-11-14-18-31)30-43(40)49(9,10)47(45(4,5)6)33-19-15-12-16-20-33/h11,13-14,17-18,21-29,33,37-38,40,43H,12,15-16,19-20,30H2,1-10H3. The third-order valence-corrected chi connectivity index (χ3v) is 17.6. The molecule has 3 aromatic carbocycles. The maximum Gasteiger partial charge on any atom is 0.127 e. The molecule has 260 valence electrons. The van der Waals surface area contributed by atoms with Gasteiger partial charge >= 0.3 is 0 Å². The molecule has 2 nitrogen and oxygen atoms in total. The molecule has 2 fully saturated rings. The maximum absolute atomic E-state index is 6.51. The first-order valence-electron chi connectivity index (χ1n) is 19.3. The van der Waals surface area contributed by atoms with Crippen LogP contribution in [0.25, 0.3) is 5.57 Å². The first kappa shape index (κ1) is 34.6. The summed E-state index contributed by atoms with van der Waals surface area (Å²) in [5, 5.41) is 0. The maximum atomic E-state index is 6.51. The van der Waals surface area contributed by atoms with Gasteiger partial charge in [-0.2, -0.15) is 0 Å². The fourth-order valence-corrected chi connectivity index (χ4v) is 16.2. The number of nitrogens with zero attached hydrogens (tertiary/aromatic N) is 1. The predicted molar refractivity (Wildman–Crippen MR) is 211 cm³/mol. The number of rotatable bonds is 6. The second-order valence-corrected chi connectivity index (χ2v) is 23.4. The molecule has 0 aromatic heterocycles. The molecule has 2 saturated carbocycles. The van der Waals surface area contributed by atoms with Gasteiger partial charge in [0.1, 0.15) is 19.7 Å². The van der Waals surface area contributed by atoms with Crippen LogP contribution < -0.4 is 4.74 Å². The Hall–Kier alpha value is -2.88. The van der Waals surface area contributed by atoms with E-state index in [4.69, 9.17) is 4.74 Å². The normalized spacial score (nSPS) is 25.4. The number of hydrogen-bond donors (Lipinski definition) is 0. The summed E-state index contributed by atoms with van der Waals surface area (Å²) in [6.07, 6.45) is 13.8. The monoisotopic (exact) mass is 671 g/mol. The Bertz CT molecular complexity index is 1730. The largest absolute Gasteiger partial charge is 0.457 e. The van der Waals surface area contributed by atoms with E-state index in [1.807, 2.05) is 0 Å². The van der Waals surface area contributed by atoms with E-state index in [1.54, 1.807) is 0 Å². The first-order valence-corrected chi connectivity index (χ1v) is 22.3. The topological polar surface area (TPSA) is 12.5 Å². The smallest absolute Gasteiger partial charge is 0.127 e. The number of hydrogen-bond acceptors (Lipinski definition) is 2. The molecule has 0 heterocycles.